The van der Waals surface area contributed by atoms with Gasteiger partial charge in [0.25, 0.3) is 0 Å². The zero-order chi connectivity index (χ0) is 17.7. The van der Waals surface area contributed by atoms with Gasteiger partial charge in [0, 0.05) is 25.7 Å². The largest absolute Gasteiger partial charge is 0.480 e. The highest BCUT2D eigenvalue weighted by atomic mass is 16.6. The number of rotatable bonds is 4. The standard InChI is InChI=1S/C18H26N2O4/c1-18(2,3)24-17(23)20-10-9-19(13-16(21)22)15(12-20)11-14-7-5-4-6-8-14/h4-8,15H,9-13H2,1-3H3,(H,21,22). The predicted octanol–water partition coefficient (Wildman–Crippen LogP) is 2.23. The number of hydrogen-bond acceptors (Lipinski definition) is 4. The Morgan fingerprint density at radius 1 is 1.21 bits per heavy atom. The Kier molecular flexibility index (Phi) is 5.83. The minimum atomic E-state index is -0.848. The lowest BCUT2D eigenvalue weighted by Crippen LogP contribution is -2.57. The minimum Gasteiger partial charge on any atom is -0.480 e. The third kappa shape index (κ3) is 5.53. The predicted molar refractivity (Wildman–Crippen MR) is 90.9 cm³/mol. The van der Waals surface area contributed by atoms with Gasteiger partial charge < -0.3 is 14.7 Å². The Bertz CT molecular complexity index is 568. The van der Waals surface area contributed by atoms with Crippen LogP contribution in [0.3, 0.4) is 0 Å². The van der Waals surface area contributed by atoms with E-state index in [2.05, 4.69) is 0 Å². The summed E-state index contributed by atoms with van der Waals surface area (Å²) in [5.41, 5.74) is 0.591. The normalized spacial score (nSPS) is 19.1. The van der Waals surface area contributed by atoms with Gasteiger partial charge in [-0.2, -0.15) is 0 Å². The van der Waals surface area contributed by atoms with Crippen molar-refractivity contribution in [2.24, 2.45) is 0 Å². The number of carboxylic acids is 1. The molecule has 1 unspecified atom stereocenters. The molecule has 1 saturated heterocycles. The van der Waals surface area contributed by atoms with E-state index in [9.17, 15) is 9.59 Å². The lowest BCUT2D eigenvalue weighted by atomic mass is 10.0. The van der Waals surface area contributed by atoms with Crippen LogP contribution in [0.2, 0.25) is 0 Å². The van der Waals surface area contributed by atoms with Crippen LogP contribution in [0, 0.1) is 0 Å². The summed E-state index contributed by atoms with van der Waals surface area (Å²) in [6.07, 6.45) is 0.364. The maximum absolute atomic E-state index is 12.3. The van der Waals surface area contributed by atoms with Gasteiger partial charge in [0.1, 0.15) is 5.60 Å². The van der Waals surface area contributed by atoms with Gasteiger partial charge in [-0.3, -0.25) is 9.69 Å². The summed E-state index contributed by atoms with van der Waals surface area (Å²) in [6, 6.07) is 9.88. The fourth-order valence-electron chi connectivity index (χ4n) is 2.85. The molecule has 0 aliphatic carbocycles. The average molecular weight is 334 g/mol. The number of amides is 1. The summed E-state index contributed by atoms with van der Waals surface area (Å²) in [5.74, 6) is -0.848. The molecule has 0 bridgehead atoms. The van der Waals surface area contributed by atoms with Crippen molar-refractivity contribution in [3.8, 4) is 0 Å². The molecular weight excluding hydrogens is 308 g/mol. The van der Waals surface area contributed by atoms with Crippen LogP contribution in [0.15, 0.2) is 30.3 Å². The van der Waals surface area contributed by atoms with Crippen molar-refractivity contribution in [3.63, 3.8) is 0 Å². The number of carbonyl (C=O) groups excluding carboxylic acids is 1. The van der Waals surface area contributed by atoms with Gasteiger partial charge in [-0.15, -0.1) is 0 Å². The Morgan fingerprint density at radius 3 is 2.46 bits per heavy atom. The molecule has 1 fully saturated rings. The monoisotopic (exact) mass is 334 g/mol. The van der Waals surface area contributed by atoms with Gasteiger partial charge in [-0.25, -0.2) is 4.79 Å². The quantitative estimate of drug-likeness (QED) is 0.914. The molecule has 0 radical (unpaired) electrons. The molecule has 6 nitrogen and oxygen atoms in total. The molecule has 1 atom stereocenters. The topological polar surface area (TPSA) is 70.1 Å². The van der Waals surface area contributed by atoms with E-state index in [0.717, 1.165) is 5.56 Å². The van der Waals surface area contributed by atoms with Crippen LogP contribution in [0.5, 0.6) is 0 Å². The molecule has 1 N–H and O–H groups in total. The number of carbonyl (C=O) groups is 2. The lowest BCUT2D eigenvalue weighted by Gasteiger charge is -2.41. The molecule has 6 heteroatoms. The molecule has 1 aromatic rings. The smallest absolute Gasteiger partial charge is 0.410 e. The number of aliphatic carboxylic acids is 1. The van der Waals surface area contributed by atoms with Crippen LogP contribution < -0.4 is 0 Å². The molecule has 1 heterocycles. The van der Waals surface area contributed by atoms with Crippen molar-refractivity contribution < 1.29 is 19.4 Å². The second kappa shape index (κ2) is 7.66. The third-order valence-electron chi connectivity index (χ3n) is 3.91. The van der Waals surface area contributed by atoms with E-state index in [1.807, 2.05) is 56.0 Å². The second-order valence-corrected chi connectivity index (χ2v) is 7.13. The Morgan fingerprint density at radius 2 is 1.88 bits per heavy atom. The van der Waals surface area contributed by atoms with Crippen LogP contribution in [0.25, 0.3) is 0 Å². The fourth-order valence-corrected chi connectivity index (χ4v) is 2.85. The van der Waals surface area contributed by atoms with Crippen LogP contribution >= 0.6 is 0 Å². The second-order valence-electron chi connectivity index (χ2n) is 7.13. The first kappa shape index (κ1) is 18.3. The Hall–Kier alpha value is -2.08. The van der Waals surface area contributed by atoms with Crippen molar-refractivity contribution in [2.75, 3.05) is 26.2 Å². The molecule has 132 valence electrons. The maximum atomic E-state index is 12.3. The Balaban J connectivity index is 2.07. The molecule has 24 heavy (non-hydrogen) atoms. The molecule has 0 aromatic heterocycles. The molecule has 0 saturated carbocycles. The zero-order valence-electron chi connectivity index (χ0n) is 14.6. The summed E-state index contributed by atoms with van der Waals surface area (Å²) >= 11 is 0. The number of carboxylic acid groups (broad SMARTS) is 1. The van der Waals surface area contributed by atoms with E-state index < -0.39 is 11.6 Å². The van der Waals surface area contributed by atoms with Gasteiger partial charge in [-0.05, 0) is 32.8 Å². The van der Waals surface area contributed by atoms with Crippen molar-refractivity contribution in [1.29, 1.82) is 0 Å². The number of hydrogen-bond donors (Lipinski definition) is 1. The van der Waals surface area contributed by atoms with Crippen LogP contribution in [-0.2, 0) is 16.0 Å². The summed E-state index contributed by atoms with van der Waals surface area (Å²) in [7, 11) is 0. The molecule has 1 aromatic carbocycles. The highest BCUT2D eigenvalue weighted by molar-refractivity contribution is 5.70. The van der Waals surface area contributed by atoms with Crippen molar-refractivity contribution >= 4 is 12.1 Å². The van der Waals surface area contributed by atoms with E-state index in [4.69, 9.17) is 9.84 Å². The SMILES string of the molecule is CC(C)(C)OC(=O)N1CCN(CC(=O)O)C(Cc2ccccc2)C1. The van der Waals surface area contributed by atoms with Gasteiger partial charge in [0.05, 0.1) is 6.54 Å². The molecular formula is C18H26N2O4. The first-order chi connectivity index (χ1) is 11.2. The zero-order valence-corrected chi connectivity index (χ0v) is 14.6. The van der Waals surface area contributed by atoms with Gasteiger partial charge in [0.2, 0.25) is 0 Å². The first-order valence-corrected chi connectivity index (χ1v) is 8.22. The summed E-state index contributed by atoms with van der Waals surface area (Å²) < 4.78 is 5.44. The molecule has 1 amide bonds. The van der Waals surface area contributed by atoms with Crippen LogP contribution in [0.4, 0.5) is 4.79 Å². The van der Waals surface area contributed by atoms with Gasteiger partial charge >= 0.3 is 12.1 Å². The summed E-state index contributed by atoms with van der Waals surface area (Å²) in [5, 5.41) is 9.13. The van der Waals surface area contributed by atoms with E-state index in [0.29, 0.717) is 26.1 Å². The number of ether oxygens (including phenoxy) is 1. The molecule has 1 aliphatic heterocycles. The van der Waals surface area contributed by atoms with Crippen LogP contribution in [-0.4, -0.2) is 64.8 Å². The average Bonchev–Trinajstić information content (AvgIpc) is 2.48. The molecule has 1 aliphatic rings. The van der Waals surface area contributed by atoms with Crippen LogP contribution in [0.1, 0.15) is 26.3 Å². The molecule has 2 rings (SSSR count). The highest BCUT2D eigenvalue weighted by Gasteiger charge is 2.32. The number of benzene rings is 1. The highest BCUT2D eigenvalue weighted by Crippen LogP contribution is 2.18. The minimum absolute atomic E-state index is 0.0142. The first-order valence-electron chi connectivity index (χ1n) is 8.22. The van der Waals surface area contributed by atoms with Crippen molar-refractivity contribution in [1.82, 2.24) is 9.80 Å². The maximum Gasteiger partial charge on any atom is 0.410 e. The van der Waals surface area contributed by atoms with E-state index in [-0.39, 0.29) is 18.7 Å². The van der Waals surface area contributed by atoms with Crippen molar-refractivity contribution in [2.45, 2.75) is 38.8 Å². The van der Waals surface area contributed by atoms with Gasteiger partial charge in [0.15, 0.2) is 0 Å². The van der Waals surface area contributed by atoms with E-state index in [1.165, 1.54) is 0 Å². The number of nitrogens with zero attached hydrogens (tertiary/aromatic N) is 2. The lowest BCUT2D eigenvalue weighted by molar-refractivity contribution is -0.139. The van der Waals surface area contributed by atoms with E-state index >= 15 is 0 Å². The Labute approximate surface area is 143 Å². The van der Waals surface area contributed by atoms with Crippen molar-refractivity contribution in [3.05, 3.63) is 35.9 Å². The molecule has 0 spiro atoms. The van der Waals surface area contributed by atoms with E-state index in [1.54, 1.807) is 4.90 Å². The summed E-state index contributed by atoms with van der Waals surface area (Å²) in [6.45, 7) is 6.99. The number of piperazine rings is 1. The fraction of sp³-hybridized carbons (Fsp3) is 0.556. The third-order valence-corrected chi connectivity index (χ3v) is 3.91. The van der Waals surface area contributed by atoms with Gasteiger partial charge in [-0.1, -0.05) is 30.3 Å². The summed E-state index contributed by atoms with van der Waals surface area (Å²) in [4.78, 5) is 27.0.